The Morgan fingerprint density at radius 1 is 0.861 bits per heavy atom. The zero-order chi connectivity index (χ0) is 25.2. The van der Waals surface area contributed by atoms with Gasteiger partial charge in [-0.1, -0.05) is 66.7 Å². The molecule has 0 fully saturated rings. The average Bonchev–Trinajstić information content (AvgIpc) is 2.93. The van der Waals surface area contributed by atoms with Crippen LogP contribution in [-0.2, 0) is 22.7 Å². The summed E-state index contributed by atoms with van der Waals surface area (Å²) in [6, 6.07) is 28.4. The molecule has 0 aliphatic heterocycles. The minimum atomic E-state index is -0.938. The number of para-hydroxylation sites is 1. The molecule has 0 unspecified atom stereocenters. The number of amides is 2. The van der Waals surface area contributed by atoms with Crippen LogP contribution in [0.15, 0.2) is 109 Å². The maximum Gasteiger partial charge on any atom is 0.261 e. The van der Waals surface area contributed by atoms with E-state index in [1.165, 1.54) is 17.0 Å². The molecular weight excluding hydrogens is 457 g/mol. The lowest BCUT2D eigenvalue weighted by molar-refractivity contribution is -0.143. The Labute approximate surface area is 209 Å². The molecule has 7 heteroatoms. The molecule has 0 aliphatic rings. The van der Waals surface area contributed by atoms with Gasteiger partial charge in [0, 0.05) is 12.7 Å². The molecule has 1 atom stereocenters. The number of hydrogen-bond acceptors (Lipinski definition) is 4. The SMILES string of the molecule is O=C(NCc1ccccn1)[C@@H](c1ccccc1)N(Cc1ccc(F)cc1)C(=O)COc1ccccc1. The third kappa shape index (κ3) is 6.76. The summed E-state index contributed by atoms with van der Waals surface area (Å²) in [7, 11) is 0. The number of nitrogens with one attached hydrogen (secondary N) is 1. The summed E-state index contributed by atoms with van der Waals surface area (Å²) in [6.45, 7) is 0.0397. The van der Waals surface area contributed by atoms with Crippen LogP contribution in [0.3, 0.4) is 0 Å². The summed E-state index contributed by atoms with van der Waals surface area (Å²) >= 11 is 0. The highest BCUT2D eigenvalue weighted by atomic mass is 19.1. The largest absolute Gasteiger partial charge is 0.484 e. The number of halogens is 1. The lowest BCUT2D eigenvalue weighted by atomic mass is 10.0. The van der Waals surface area contributed by atoms with Gasteiger partial charge in [0.05, 0.1) is 12.2 Å². The van der Waals surface area contributed by atoms with Crippen LogP contribution in [0.4, 0.5) is 4.39 Å². The lowest BCUT2D eigenvalue weighted by Gasteiger charge is -2.31. The third-order valence-electron chi connectivity index (χ3n) is 5.54. The smallest absolute Gasteiger partial charge is 0.261 e. The number of pyridine rings is 1. The van der Waals surface area contributed by atoms with E-state index in [0.717, 1.165) is 0 Å². The van der Waals surface area contributed by atoms with Crippen molar-refractivity contribution in [1.82, 2.24) is 15.2 Å². The summed E-state index contributed by atoms with van der Waals surface area (Å²) in [6.07, 6.45) is 1.65. The van der Waals surface area contributed by atoms with Gasteiger partial charge in [-0.15, -0.1) is 0 Å². The Morgan fingerprint density at radius 3 is 2.19 bits per heavy atom. The van der Waals surface area contributed by atoms with Crippen molar-refractivity contribution in [3.8, 4) is 5.75 Å². The molecule has 0 radical (unpaired) electrons. The minimum absolute atomic E-state index is 0.0911. The maximum atomic E-state index is 13.5. The van der Waals surface area contributed by atoms with Gasteiger partial charge in [0.25, 0.3) is 5.91 Å². The number of rotatable bonds is 10. The monoisotopic (exact) mass is 483 g/mol. The summed E-state index contributed by atoms with van der Waals surface area (Å²) in [5.74, 6) is -0.577. The molecule has 4 aromatic rings. The second-order valence-electron chi connectivity index (χ2n) is 8.10. The number of nitrogens with zero attached hydrogens (tertiary/aromatic N) is 2. The number of carbonyl (C=O) groups is 2. The zero-order valence-corrected chi connectivity index (χ0v) is 19.6. The van der Waals surface area contributed by atoms with Gasteiger partial charge in [-0.3, -0.25) is 14.6 Å². The number of ether oxygens (including phenoxy) is 1. The highest BCUT2D eigenvalue weighted by molar-refractivity contribution is 5.89. The van der Waals surface area contributed by atoms with Crippen LogP contribution in [0.5, 0.6) is 5.75 Å². The van der Waals surface area contributed by atoms with Gasteiger partial charge < -0.3 is 15.0 Å². The number of carbonyl (C=O) groups excluding carboxylic acids is 2. The van der Waals surface area contributed by atoms with Gasteiger partial charge in [0.15, 0.2) is 6.61 Å². The van der Waals surface area contributed by atoms with Crippen molar-refractivity contribution < 1.29 is 18.7 Å². The van der Waals surface area contributed by atoms with Crippen LogP contribution < -0.4 is 10.1 Å². The number of hydrogen-bond donors (Lipinski definition) is 1. The second kappa shape index (κ2) is 12.3. The Morgan fingerprint density at radius 2 is 1.53 bits per heavy atom. The molecule has 4 rings (SSSR count). The quantitative estimate of drug-likeness (QED) is 0.355. The van der Waals surface area contributed by atoms with Gasteiger partial charge in [0.1, 0.15) is 17.6 Å². The topological polar surface area (TPSA) is 71.5 Å². The van der Waals surface area contributed by atoms with E-state index in [4.69, 9.17) is 4.74 Å². The van der Waals surface area contributed by atoms with Crippen molar-refractivity contribution in [3.05, 3.63) is 132 Å². The van der Waals surface area contributed by atoms with E-state index in [2.05, 4.69) is 10.3 Å². The van der Waals surface area contributed by atoms with Crippen LogP contribution in [-0.4, -0.2) is 28.3 Å². The molecule has 36 heavy (non-hydrogen) atoms. The van der Waals surface area contributed by atoms with Crippen molar-refractivity contribution in [2.24, 2.45) is 0 Å². The molecule has 3 aromatic carbocycles. The van der Waals surface area contributed by atoms with E-state index in [-0.39, 0.29) is 37.3 Å². The third-order valence-corrected chi connectivity index (χ3v) is 5.54. The highest BCUT2D eigenvalue weighted by Crippen LogP contribution is 2.24. The van der Waals surface area contributed by atoms with Crippen molar-refractivity contribution in [1.29, 1.82) is 0 Å². The van der Waals surface area contributed by atoms with E-state index in [0.29, 0.717) is 22.6 Å². The molecule has 1 heterocycles. The van der Waals surface area contributed by atoms with Gasteiger partial charge in [-0.25, -0.2) is 4.39 Å². The first-order chi connectivity index (χ1) is 17.6. The average molecular weight is 484 g/mol. The molecule has 0 spiro atoms. The lowest BCUT2D eigenvalue weighted by Crippen LogP contribution is -2.45. The fourth-order valence-corrected chi connectivity index (χ4v) is 3.74. The van der Waals surface area contributed by atoms with Crippen LogP contribution in [0.1, 0.15) is 22.9 Å². The van der Waals surface area contributed by atoms with Crippen molar-refractivity contribution >= 4 is 11.8 Å². The van der Waals surface area contributed by atoms with E-state index in [1.807, 2.05) is 48.5 Å². The van der Waals surface area contributed by atoms with Gasteiger partial charge in [-0.05, 0) is 47.5 Å². The molecule has 0 aliphatic carbocycles. The molecule has 1 aromatic heterocycles. The highest BCUT2D eigenvalue weighted by Gasteiger charge is 2.31. The van der Waals surface area contributed by atoms with E-state index in [1.54, 1.807) is 48.7 Å². The standard InChI is InChI=1S/C29H26FN3O3/c30-24-16-14-22(15-17-24)20-33(27(34)21-36-26-12-5-2-6-13-26)28(23-9-3-1-4-10-23)29(35)32-19-25-11-7-8-18-31-25/h1-18,28H,19-21H2,(H,32,35)/t28-/m1/s1. The number of aromatic nitrogens is 1. The van der Waals surface area contributed by atoms with Crippen LogP contribution in [0, 0.1) is 5.82 Å². The molecule has 0 saturated heterocycles. The molecular formula is C29H26FN3O3. The van der Waals surface area contributed by atoms with Gasteiger partial charge >= 0.3 is 0 Å². The molecule has 6 nitrogen and oxygen atoms in total. The summed E-state index contributed by atoms with van der Waals surface area (Å²) in [5.41, 5.74) is 2.02. The van der Waals surface area contributed by atoms with Crippen molar-refractivity contribution in [3.63, 3.8) is 0 Å². The summed E-state index contributed by atoms with van der Waals surface area (Å²) in [5, 5.41) is 2.91. The summed E-state index contributed by atoms with van der Waals surface area (Å²) < 4.78 is 19.2. The zero-order valence-electron chi connectivity index (χ0n) is 19.6. The van der Waals surface area contributed by atoms with E-state index >= 15 is 0 Å². The van der Waals surface area contributed by atoms with Crippen LogP contribution in [0.25, 0.3) is 0 Å². The Balaban J connectivity index is 1.62. The van der Waals surface area contributed by atoms with Gasteiger partial charge in [0.2, 0.25) is 5.91 Å². The predicted molar refractivity (Wildman–Crippen MR) is 134 cm³/mol. The van der Waals surface area contributed by atoms with Crippen LogP contribution >= 0.6 is 0 Å². The predicted octanol–water partition coefficient (Wildman–Crippen LogP) is 4.69. The molecule has 2 amide bonds. The molecule has 0 bridgehead atoms. The molecule has 1 N–H and O–H groups in total. The van der Waals surface area contributed by atoms with E-state index < -0.39 is 6.04 Å². The fraction of sp³-hybridized carbons (Fsp3) is 0.138. The maximum absolute atomic E-state index is 13.5. The van der Waals surface area contributed by atoms with E-state index in [9.17, 15) is 14.0 Å². The first-order valence-electron chi connectivity index (χ1n) is 11.5. The Hall–Kier alpha value is -4.52. The fourth-order valence-electron chi connectivity index (χ4n) is 3.74. The molecule has 182 valence electrons. The molecule has 0 saturated carbocycles. The Kier molecular flexibility index (Phi) is 8.38. The second-order valence-corrected chi connectivity index (χ2v) is 8.10. The Bertz CT molecular complexity index is 1250. The van der Waals surface area contributed by atoms with Crippen molar-refractivity contribution in [2.75, 3.05) is 6.61 Å². The first-order valence-corrected chi connectivity index (χ1v) is 11.5. The normalized spacial score (nSPS) is 11.4. The van der Waals surface area contributed by atoms with Crippen LogP contribution in [0.2, 0.25) is 0 Å². The number of benzene rings is 3. The van der Waals surface area contributed by atoms with Gasteiger partial charge in [-0.2, -0.15) is 0 Å². The first kappa shape index (κ1) is 24.6. The van der Waals surface area contributed by atoms with Crippen molar-refractivity contribution in [2.45, 2.75) is 19.1 Å². The summed E-state index contributed by atoms with van der Waals surface area (Å²) in [4.78, 5) is 32.8. The minimum Gasteiger partial charge on any atom is -0.484 e.